The van der Waals surface area contributed by atoms with Crippen molar-refractivity contribution >= 4 is 11.6 Å². The van der Waals surface area contributed by atoms with E-state index < -0.39 is 0 Å². The molecule has 2 rings (SSSR count). The molecule has 0 aromatic heterocycles. The molecule has 4 heteroatoms. The van der Waals surface area contributed by atoms with Gasteiger partial charge in [0.1, 0.15) is 0 Å². The maximum atomic E-state index is 11.8. The second kappa shape index (κ2) is 6.57. The van der Waals surface area contributed by atoms with Gasteiger partial charge < -0.3 is 16.0 Å². The number of nitrogens with zero attached hydrogens (tertiary/aromatic N) is 1. The standard InChI is InChI=1S/C15H23N3O/c1-18-9-3-6-14(18)11-17-15(19)8-7-12-4-2-5-13(16)10-12/h2,4-5,10,14H,3,6-9,11,16H2,1H3,(H,17,19). The molecular formula is C15H23N3O. The molecule has 0 spiro atoms. The number of likely N-dealkylation sites (tertiary alicyclic amines) is 1. The molecule has 0 saturated carbocycles. The van der Waals surface area contributed by atoms with Crippen molar-refractivity contribution in [2.45, 2.75) is 31.7 Å². The monoisotopic (exact) mass is 261 g/mol. The van der Waals surface area contributed by atoms with Crippen molar-refractivity contribution in [3.05, 3.63) is 29.8 Å². The molecule has 1 aliphatic heterocycles. The molecule has 1 heterocycles. The van der Waals surface area contributed by atoms with E-state index in [1.807, 2.05) is 24.3 Å². The maximum Gasteiger partial charge on any atom is 0.220 e. The number of anilines is 1. The minimum atomic E-state index is 0.128. The number of benzene rings is 1. The Morgan fingerprint density at radius 2 is 2.37 bits per heavy atom. The lowest BCUT2D eigenvalue weighted by Crippen LogP contribution is -2.38. The molecule has 1 saturated heterocycles. The Morgan fingerprint density at radius 3 is 3.05 bits per heavy atom. The van der Waals surface area contributed by atoms with Crippen LogP contribution >= 0.6 is 0 Å². The topological polar surface area (TPSA) is 58.4 Å². The van der Waals surface area contributed by atoms with Crippen LogP contribution in [0.15, 0.2) is 24.3 Å². The van der Waals surface area contributed by atoms with E-state index in [1.54, 1.807) is 0 Å². The molecule has 1 atom stereocenters. The smallest absolute Gasteiger partial charge is 0.220 e. The summed E-state index contributed by atoms with van der Waals surface area (Å²) in [6.45, 7) is 1.91. The normalized spacial score (nSPS) is 19.5. The van der Waals surface area contributed by atoms with Crippen molar-refractivity contribution in [2.75, 3.05) is 25.9 Å². The third-order valence-electron chi connectivity index (χ3n) is 3.80. The molecule has 19 heavy (non-hydrogen) atoms. The van der Waals surface area contributed by atoms with E-state index in [0.717, 1.165) is 30.8 Å². The van der Waals surface area contributed by atoms with Crippen LogP contribution in [0, 0.1) is 0 Å². The highest BCUT2D eigenvalue weighted by Gasteiger charge is 2.20. The number of rotatable bonds is 5. The number of nitrogens with two attached hydrogens (primary N) is 1. The Balaban J connectivity index is 1.70. The lowest BCUT2D eigenvalue weighted by molar-refractivity contribution is -0.121. The summed E-state index contributed by atoms with van der Waals surface area (Å²) in [7, 11) is 2.12. The van der Waals surface area contributed by atoms with Crippen molar-refractivity contribution in [3.8, 4) is 0 Å². The van der Waals surface area contributed by atoms with Gasteiger partial charge in [-0.2, -0.15) is 0 Å². The second-order valence-electron chi connectivity index (χ2n) is 5.33. The van der Waals surface area contributed by atoms with Gasteiger partial charge in [0.2, 0.25) is 5.91 Å². The van der Waals surface area contributed by atoms with Gasteiger partial charge in [-0.3, -0.25) is 4.79 Å². The number of nitrogen functional groups attached to an aromatic ring is 1. The highest BCUT2D eigenvalue weighted by atomic mass is 16.1. The van der Waals surface area contributed by atoms with Gasteiger partial charge in [-0.1, -0.05) is 12.1 Å². The number of likely N-dealkylation sites (N-methyl/N-ethyl adjacent to an activating group) is 1. The van der Waals surface area contributed by atoms with Gasteiger partial charge in [0.05, 0.1) is 0 Å². The van der Waals surface area contributed by atoms with E-state index >= 15 is 0 Å². The first-order valence-electron chi connectivity index (χ1n) is 6.96. The van der Waals surface area contributed by atoms with Crippen molar-refractivity contribution < 1.29 is 4.79 Å². The molecule has 0 bridgehead atoms. The molecule has 1 amide bonds. The minimum absolute atomic E-state index is 0.128. The fraction of sp³-hybridized carbons (Fsp3) is 0.533. The summed E-state index contributed by atoms with van der Waals surface area (Å²) < 4.78 is 0. The van der Waals surface area contributed by atoms with E-state index in [2.05, 4.69) is 17.3 Å². The van der Waals surface area contributed by atoms with Crippen LogP contribution in [0.4, 0.5) is 5.69 Å². The highest BCUT2D eigenvalue weighted by molar-refractivity contribution is 5.76. The molecule has 0 radical (unpaired) electrons. The number of amides is 1. The maximum absolute atomic E-state index is 11.8. The zero-order chi connectivity index (χ0) is 13.7. The van der Waals surface area contributed by atoms with Crippen LogP contribution in [0.1, 0.15) is 24.8 Å². The van der Waals surface area contributed by atoms with Crippen molar-refractivity contribution in [1.82, 2.24) is 10.2 Å². The first-order valence-corrected chi connectivity index (χ1v) is 6.96. The first kappa shape index (κ1) is 13.9. The fourth-order valence-electron chi connectivity index (χ4n) is 2.56. The molecule has 4 nitrogen and oxygen atoms in total. The van der Waals surface area contributed by atoms with Gasteiger partial charge in [0, 0.05) is 24.7 Å². The summed E-state index contributed by atoms with van der Waals surface area (Å²) >= 11 is 0. The molecule has 1 aliphatic rings. The molecule has 0 aliphatic carbocycles. The zero-order valence-electron chi connectivity index (χ0n) is 11.6. The van der Waals surface area contributed by atoms with E-state index in [9.17, 15) is 4.79 Å². The van der Waals surface area contributed by atoms with E-state index in [0.29, 0.717) is 12.5 Å². The molecule has 3 N–H and O–H groups in total. The second-order valence-corrected chi connectivity index (χ2v) is 5.33. The Morgan fingerprint density at radius 1 is 1.53 bits per heavy atom. The van der Waals surface area contributed by atoms with Gasteiger partial charge in [-0.15, -0.1) is 0 Å². The fourth-order valence-corrected chi connectivity index (χ4v) is 2.56. The van der Waals surface area contributed by atoms with Crippen LogP contribution in [0.3, 0.4) is 0 Å². The summed E-state index contributed by atoms with van der Waals surface area (Å²) in [5.74, 6) is 0.128. The summed E-state index contributed by atoms with van der Waals surface area (Å²) in [5, 5.41) is 3.03. The number of hydrogen-bond acceptors (Lipinski definition) is 3. The van der Waals surface area contributed by atoms with Gasteiger partial charge in [-0.05, 0) is 50.6 Å². The predicted octanol–water partition coefficient (Wildman–Crippen LogP) is 1.41. The van der Waals surface area contributed by atoms with E-state index in [4.69, 9.17) is 5.73 Å². The molecule has 1 unspecified atom stereocenters. The van der Waals surface area contributed by atoms with Crippen LogP contribution in [-0.4, -0.2) is 37.0 Å². The highest BCUT2D eigenvalue weighted by Crippen LogP contribution is 2.13. The average Bonchev–Trinajstić information content (AvgIpc) is 2.80. The van der Waals surface area contributed by atoms with Gasteiger partial charge in [-0.25, -0.2) is 0 Å². The van der Waals surface area contributed by atoms with Gasteiger partial charge >= 0.3 is 0 Å². The van der Waals surface area contributed by atoms with Crippen molar-refractivity contribution in [2.24, 2.45) is 0 Å². The van der Waals surface area contributed by atoms with Crippen LogP contribution < -0.4 is 11.1 Å². The molecule has 1 aromatic rings. The third-order valence-corrected chi connectivity index (χ3v) is 3.80. The molecule has 1 aromatic carbocycles. The summed E-state index contributed by atoms with van der Waals surface area (Å²) in [4.78, 5) is 14.1. The Kier molecular flexibility index (Phi) is 4.80. The van der Waals surface area contributed by atoms with Crippen LogP contribution in [0.25, 0.3) is 0 Å². The number of aryl methyl sites for hydroxylation is 1. The Labute approximate surface area is 115 Å². The number of nitrogens with one attached hydrogen (secondary N) is 1. The lowest BCUT2D eigenvalue weighted by Gasteiger charge is -2.19. The average molecular weight is 261 g/mol. The van der Waals surface area contributed by atoms with Gasteiger partial charge in [0.25, 0.3) is 0 Å². The van der Waals surface area contributed by atoms with Crippen LogP contribution in [0.5, 0.6) is 0 Å². The SMILES string of the molecule is CN1CCCC1CNC(=O)CCc1cccc(N)c1. The number of hydrogen-bond donors (Lipinski definition) is 2. The molecular weight excluding hydrogens is 238 g/mol. The van der Waals surface area contributed by atoms with Crippen molar-refractivity contribution in [3.63, 3.8) is 0 Å². The molecule has 1 fully saturated rings. The largest absolute Gasteiger partial charge is 0.399 e. The van der Waals surface area contributed by atoms with E-state index in [-0.39, 0.29) is 5.91 Å². The number of carbonyl (C=O) groups is 1. The predicted molar refractivity (Wildman–Crippen MR) is 77.8 cm³/mol. The third kappa shape index (κ3) is 4.24. The zero-order valence-corrected chi connectivity index (χ0v) is 11.6. The van der Waals surface area contributed by atoms with Gasteiger partial charge in [0.15, 0.2) is 0 Å². The van der Waals surface area contributed by atoms with Crippen molar-refractivity contribution in [1.29, 1.82) is 0 Å². The summed E-state index contributed by atoms with van der Waals surface area (Å²) in [5.41, 5.74) is 7.59. The Hall–Kier alpha value is -1.55. The summed E-state index contributed by atoms with van der Waals surface area (Å²) in [6, 6.07) is 8.23. The Bertz CT molecular complexity index is 433. The summed E-state index contributed by atoms with van der Waals surface area (Å²) in [6.07, 6.45) is 3.70. The minimum Gasteiger partial charge on any atom is -0.399 e. The van der Waals surface area contributed by atoms with Crippen LogP contribution in [-0.2, 0) is 11.2 Å². The van der Waals surface area contributed by atoms with E-state index in [1.165, 1.54) is 12.8 Å². The molecule has 104 valence electrons. The quantitative estimate of drug-likeness (QED) is 0.788. The number of carbonyl (C=O) groups excluding carboxylic acids is 1. The van der Waals surface area contributed by atoms with Crippen LogP contribution in [0.2, 0.25) is 0 Å². The first-order chi connectivity index (χ1) is 9.15. The lowest BCUT2D eigenvalue weighted by atomic mass is 10.1.